The molecule has 0 heterocycles. The summed E-state index contributed by atoms with van der Waals surface area (Å²) in [6.45, 7) is 5.53. The molecule has 0 aliphatic carbocycles. The lowest BCUT2D eigenvalue weighted by atomic mass is 10.4. The van der Waals surface area contributed by atoms with Gasteiger partial charge >= 0.3 is 0 Å². The van der Waals surface area contributed by atoms with Gasteiger partial charge in [0.05, 0.1) is 32.0 Å². The molecule has 86 valence electrons. The molecule has 2 N–H and O–H groups in total. The van der Waals surface area contributed by atoms with Gasteiger partial charge in [-0.25, -0.2) is 0 Å². The Morgan fingerprint density at radius 1 is 1.36 bits per heavy atom. The van der Waals surface area contributed by atoms with Crippen LogP contribution < -0.4 is 5.48 Å². The molecule has 0 saturated heterocycles. The Labute approximate surface area is 85.3 Å². The first-order valence-electron chi connectivity index (χ1n) is 4.84. The number of ether oxygens (including phenoxy) is 2. The molecule has 0 amide bonds. The molecular formula is C9H21NO4. The van der Waals surface area contributed by atoms with Crippen LogP contribution in [0.5, 0.6) is 0 Å². The Morgan fingerprint density at radius 3 is 2.64 bits per heavy atom. The van der Waals surface area contributed by atoms with Crippen molar-refractivity contribution in [1.82, 2.24) is 5.48 Å². The van der Waals surface area contributed by atoms with Gasteiger partial charge in [-0.2, -0.15) is 5.48 Å². The average Bonchev–Trinajstić information content (AvgIpc) is 2.16. The number of nitrogens with one attached hydrogen (secondary N) is 1. The third-order valence-electron chi connectivity index (χ3n) is 1.54. The first-order valence-corrected chi connectivity index (χ1v) is 4.84. The molecule has 0 fully saturated rings. The van der Waals surface area contributed by atoms with E-state index in [0.717, 1.165) is 0 Å². The number of hydrogen-bond acceptors (Lipinski definition) is 5. The van der Waals surface area contributed by atoms with Crippen molar-refractivity contribution in [3.8, 4) is 0 Å². The van der Waals surface area contributed by atoms with E-state index in [0.29, 0.717) is 19.8 Å². The lowest BCUT2D eigenvalue weighted by Gasteiger charge is -2.15. The zero-order chi connectivity index (χ0) is 10.8. The topological polar surface area (TPSA) is 60.0 Å². The molecular weight excluding hydrogens is 186 g/mol. The van der Waals surface area contributed by atoms with E-state index in [9.17, 15) is 5.11 Å². The smallest absolute Gasteiger partial charge is 0.0921 e. The molecule has 2 atom stereocenters. The fraction of sp³-hybridized carbons (Fsp3) is 1.00. The third-order valence-corrected chi connectivity index (χ3v) is 1.54. The van der Waals surface area contributed by atoms with Crippen molar-refractivity contribution in [1.29, 1.82) is 0 Å². The van der Waals surface area contributed by atoms with Crippen LogP contribution >= 0.6 is 0 Å². The predicted molar refractivity (Wildman–Crippen MR) is 52.9 cm³/mol. The maximum absolute atomic E-state index is 9.38. The van der Waals surface area contributed by atoms with E-state index >= 15 is 0 Å². The van der Waals surface area contributed by atoms with Crippen LogP contribution in [0.15, 0.2) is 0 Å². The van der Waals surface area contributed by atoms with Crippen LogP contribution in [0.1, 0.15) is 13.8 Å². The fourth-order valence-corrected chi connectivity index (χ4v) is 0.874. The highest BCUT2D eigenvalue weighted by Crippen LogP contribution is 1.93. The summed E-state index contributed by atoms with van der Waals surface area (Å²) >= 11 is 0. The molecule has 0 aromatic carbocycles. The van der Waals surface area contributed by atoms with E-state index in [1.807, 2.05) is 13.8 Å². The quantitative estimate of drug-likeness (QED) is 0.410. The summed E-state index contributed by atoms with van der Waals surface area (Å²) in [4.78, 5) is 4.87. The summed E-state index contributed by atoms with van der Waals surface area (Å²) in [6.07, 6.45) is -0.553. The molecule has 0 aromatic heterocycles. The van der Waals surface area contributed by atoms with Gasteiger partial charge in [0.2, 0.25) is 0 Å². The minimum atomic E-state index is -0.555. The Kier molecular flexibility index (Phi) is 9.23. The SMILES string of the molecule is CCONCC(O)COC(C)COC. The molecule has 0 aliphatic heterocycles. The molecule has 2 unspecified atom stereocenters. The van der Waals surface area contributed by atoms with Crippen LogP contribution in [0.4, 0.5) is 0 Å². The third kappa shape index (κ3) is 8.40. The Morgan fingerprint density at radius 2 is 2.07 bits per heavy atom. The lowest BCUT2D eigenvalue weighted by molar-refractivity contribution is -0.0473. The second-order valence-corrected chi connectivity index (χ2v) is 3.03. The van der Waals surface area contributed by atoms with Crippen LogP contribution in [0.3, 0.4) is 0 Å². The van der Waals surface area contributed by atoms with Crippen LogP contribution in [0.25, 0.3) is 0 Å². The monoisotopic (exact) mass is 207 g/mol. The van der Waals surface area contributed by atoms with Crippen molar-refractivity contribution >= 4 is 0 Å². The fourth-order valence-electron chi connectivity index (χ4n) is 0.874. The van der Waals surface area contributed by atoms with Crippen molar-refractivity contribution in [3.05, 3.63) is 0 Å². The standard InChI is InChI=1S/C9H21NO4/c1-4-14-10-5-9(11)7-13-8(2)6-12-3/h8-11H,4-7H2,1-3H3. The highest BCUT2D eigenvalue weighted by atomic mass is 16.6. The van der Waals surface area contributed by atoms with Gasteiger partial charge in [0.25, 0.3) is 0 Å². The van der Waals surface area contributed by atoms with E-state index in [1.165, 1.54) is 0 Å². The van der Waals surface area contributed by atoms with Gasteiger partial charge in [0.15, 0.2) is 0 Å². The number of hydroxylamine groups is 1. The average molecular weight is 207 g/mol. The Bertz CT molecular complexity index is 123. The van der Waals surface area contributed by atoms with Gasteiger partial charge in [-0.1, -0.05) is 0 Å². The van der Waals surface area contributed by atoms with Crippen molar-refractivity contribution in [2.45, 2.75) is 26.1 Å². The maximum atomic E-state index is 9.38. The molecule has 5 nitrogen and oxygen atoms in total. The zero-order valence-electron chi connectivity index (χ0n) is 9.16. The highest BCUT2D eigenvalue weighted by Gasteiger charge is 2.07. The van der Waals surface area contributed by atoms with E-state index in [4.69, 9.17) is 14.3 Å². The Balaban J connectivity index is 3.29. The van der Waals surface area contributed by atoms with Gasteiger partial charge in [0.1, 0.15) is 0 Å². The van der Waals surface area contributed by atoms with E-state index in [2.05, 4.69) is 5.48 Å². The van der Waals surface area contributed by atoms with Crippen LogP contribution in [0.2, 0.25) is 0 Å². The van der Waals surface area contributed by atoms with Gasteiger partial charge in [-0.3, -0.25) is 0 Å². The van der Waals surface area contributed by atoms with Crippen molar-refractivity contribution in [2.75, 3.05) is 33.5 Å². The largest absolute Gasteiger partial charge is 0.389 e. The molecule has 0 aliphatic rings. The molecule has 0 radical (unpaired) electrons. The highest BCUT2D eigenvalue weighted by molar-refractivity contribution is 4.56. The normalized spacial score (nSPS) is 15.4. The zero-order valence-corrected chi connectivity index (χ0v) is 9.16. The van der Waals surface area contributed by atoms with Crippen molar-refractivity contribution in [2.24, 2.45) is 0 Å². The van der Waals surface area contributed by atoms with Crippen molar-refractivity contribution in [3.63, 3.8) is 0 Å². The van der Waals surface area contributed by atoms with Crippen LogP contribution in [0, 0.1) is 0 Å². The van der Waals surface area contributed by atoms with E-state index < -0.39 is 6.10 Å². The second kappa shape index (κ2) is 9.36. The summed E-state index contributed by atoms with van der Waals surface area (Å²) in [5.74, 6) is 0. The minimum absolute atomic E-state index is 0.00161. The van der Waals surface area contributed by atoms with Gasteiger partial charge < -0.3 is 19.4 Å². The maximum Gasteiger partial charge on any atom is 0.0921 e. The summed E-state index contributed by atoms with van der Waals surface area (Å²) in [5.41, 5.74) is 2.63. The first kappa shape index (κ1) is 13.8. The summed E-state index contributed by atoms with van der Waals surface area (Å²) in [5, 5.41) is 9.38. The Hall–Kier alpha value is -0.200. The molecule has 0 rings (SSSR count). The molecule has 14 heavy (non-hydrogen) atoms. The van der Waals surface area contributed by atoms with Gasteiger partial charge in [0, 0.05) is 13.7 Å². The van der Waals surface area contributed by atoms with Gasteiger partial charge in [-0.15, -0.1) is 0 Å². The minimum Gasteiger partial charge on any atom is -0.389 e. The number of methoxy groups -OCH3 is 1. The summed E-state index contributed by atoms with van der Waals surface area (Å²) in [6, 6.07) is 0. The van der Waals surface area contributed by atoms with Crippen LogP contribution in [-0.4, -0.2) is 50.8 Å². The molecule has 0 saturated carbocycles. The van der Waals surface area contributed by atoms with E-state index in [-0.39, 0.29) is 12.7 Å². The summed E-state index contributed by atoms with van der Waals surface area (Å²) in [7, 11) is 1.62. The molecule has 0 spiro atoms. The number of rotatable bonds is 9. The number of aliphatic hydroxyl groups excluding tert-OH is 1. The first-order chi connectivity index (χ1) is 6.70. The predicted octanol–water partition coefficient (Wildman–Crippen LogP) is -0.0601. The number of aliphatic hydroxyl groups is 1. The van der Waals surface area contributed by atoms with Gasteiger partial charge in [-0.05, 0) is 13.8 Å². The lowest BCUT2D eigenvalue weighted by Crippen LogP contribution is -2.32. The second-order valence-electron chi connectivity index (χ2n) is 3.03. The van der Waals surface area contributed by atoms with E-state index in [1.54, 1.807) is 7.11 Å². The van der Waals surface area contributed by atoms with Crippen LogP contribution in [-0.2, 0) is 14.3 Å². The molecule has 0 aromatic rings. The van der Waals surface area contributed by atoms with Crippen molar-refractivity contribution < 1.29 is 19.4 Å². The number of hydrogen-bond donors (Lipinski definition) is 2. The summed E-state index contributed by atoms with van der Waals surface area (Å²) < 4.78 is 10.2. The molecule has 5 heteroatoms. The molecule has 0 bridgehead atoms.